The second-order valence-corrected chi connectivity index (χ2v) is 8.44. The van der Waals surface area contributed by atoms with E-state index in [0.717, 1.165) is 44.4 Å². The number of rotatable bonds is 5. The van der Waals surface area contributed by atoms with Gasteiger partial charge in [0.2, 0.25) is 0 Å². The molecule has 0 radical (unpaired) electrons. The van der Waals surface area contributed by atoms with Crippen LogP contribution in [0.4, 0.5) is 8.78 Å². The second-order valence-electron chi connectivity index (χ2n) is 8.44. The van der Waals surface area contributed by atoms with Crippen LogP contribution in [0.3, 0.4) is 0 Å². The highest BCUT2D eigenvalue weighted by Gasteiger charge is 2.62. The lowest BCUT2D eigenvalue weighted by atomic mass is 9.66. The van der Waals surface area contributed by atoms with E-state index in [1.54, 1.807) is 0 Å². The van der Waals surface area contributed by atoms with Crippen molar-refractivity contribution in [1.82, 2.24) is 0 Å². The summed E-state index contributed by atoms with van der Waals surface area (Å²) in [4.78, 5) is 0. The maximum Gasteiger partial charge on any atom is 0.361 e. The van der Waals surface area contributed by atoms with Gasteiger partial charge in [-0.3, -0.25) is 0 Å². The highest BCUT2D eigenvalue weighted by atomic mass is 19.3. The first-order chi connectivity index (χ1) is 11.5. The van der Waals surface area contributed by atoms with E-state index in [2.05, 4.69) is 19.1 Å². The molecule has 0 aromatic heterocycles. The van der Waals surface area contributed by atoms with E-state index in [0.29, 0.717) is 11.8 Å². The second kappa shape index (κ2) is 7.85. The van der Waals surface area contributed by atoms with E-state index in [9.17, 15) is 8.78 Å². The summed E-state index contributed by atoms with van der Waals surface area (Å²) in [5.74, 6) is 1.44. The summed E-state index contributed by atoms with van der Waals surface area (Å²) >= 11 is 0. The lowest BCUT2D eigenvalue weighted by molar-refractivity contribution is -0.418. The Labute approximate surface area is 146 Å². The minimum Gasteiger partial charge on any atom is -0.316 e. The lowest BCUT2D eigenvalue weighted by Gasteiger charge is -2.53. The predicted octanol–water partition coefficient (Wildman–Crippen LogP) is 6.58. The first-order valence-electron chi connectivity index (χ1n) is 10.2. The molecule has 1 nitrogen and oxygen atoms in total. The van der Waals surface area contributed by atoms with Crippen molar-refractivity contribution < 1.29 is 13.5 Å². The summed E-state index contributed by atoms with van der Waals surface area (Å²) < 4.78 is 33.6. The molecule has 3 fully saturated rings. The van der Waals surface area contributed by atoms with E-state index in [-0.39, 0.29) is 12.0 Å². The van der Waals surface area contributed by atoms with E-state index >= 15 is 0 Å². The van der Waals surface area contributed by atoms with Gasteiger partial charge in [-0.05, 0) is 69.1 Å². The summed E-state index contributed by atoms with van der Waals surface area (Å²) in [5.41, 5.74) is 0. The molecule has 2 atom stereocenters. The largest absolute Gasteiger partial charge is 0.361 e. The molecular formula is C21H34F2O. The molecule has 1 heterocycles. The maximum atomic E-state index is 14.2. The Kier molecular flexibility index (Phi) is 6.00. The van der Waals surface area contributed by atoms with Crippen LogP contribution in [-0.2, 0) is 4.74 Å². The van der Waals surface area contributed by atoms with Gasteiger partial charge < -0.3 is 4.74 Å². The van der Waals surface area contributed by atoms with Crippen molar-refractivity contribution in [2.45, 2.75) is 90.3 Å². The Bertz CT molecular complexity index is 418. The molecule has 0 amide bonds. The summed E-state index contributed by atoms with van der Waals surface area (Å²) in [7, 11) is 0. The molecule has 2 saturated carbocycles. The zero-order valence-corrected chi connectivity index (χ0v) is 15.4. The van der Waals surface area contributed by atoms with Gasteiger partial charge in [0, 0.05) is 0 Å². The number of alkyl halides is 2. The van der Waals surface area contributed by atoms with Crippen molar-refractivity contribution in [2.24, 2.45) is 29.6 Å². The molecule has 1 saturated heterocycles. The normalized spacial score (nSPS) is 42.8. The van der Waals surface area contributed by atoms with Gasteiger partial charge in [0.15, 0.2) is 0 Å². The van der Waals surface area contributed by atoms with Crippen LogP contribution in [0.5, 0.6) is 0 Å². The highest BCUT2D eigenvalue weighted by molar-refractivity contribution is 4.99. The number of ether oxygens (including phenoxy) is 1. The van der Waals surface area contributed by atoms with E-state index in [1.165, 1.54) is 25.7 Å². The van der Waals surface area contributed by atoms with Crippen molar-refractivity contribution in [3.8, 4) is 0 Å². The summed E-state index contributed by atoms with van der Waals surface area (Å²) in [5, 5.41) is 0. The van der Waals surface area contributed by atoms with Crippen LogP contribution in [0.1, 0.15) is 78.1 Å². The fraction of sp³-hybridized carbons (Fsp3) is 0.905. The molecule has 0 N–H and O–H groups in total. The molecule has 2 aliphatic carbocycles. The van der Waals surface area contributed by atoms with Crippen molar-refractivity contribution in [1.29, 1.82) is 0 Å². The van der Waals surface area contributed by atoms with Crippen LogP contribution in [0, 0.1) is 29.6 Å². The average Bonchev–Trinajstić information content (AvgIpc) is 2.56. The number of halogens is 2. The van der Waals surface area contributed by atoms with Crippen LogP contribution < -0.4 is 0 Å². The average molecular weight is 340 g/mol. The van der Waals surface area contributed by atoms with Gasteiger partial charge in [-0.2, -0.15) is 8.78 Å². The fourth-order valence-corrected chi connectivity index (χ4v) is 5.57. The summed E-state index contributed by atoms with van der Waals surface area (Å²) in [6.45, 7) is 4.28. The molecule has 0 aromatic rings. The molecule has 0 aromatic carbocycles. The molecule has 3 aliphatic rings. The van der Waals surface area contributed by atoms with Crippen LogP contribution >= 0.6 is 0 Å². The van der Waals surface area contributed by atoms with Crippen molar-refractivity contribution in [2.75, 3.05) is 0 Å². The molecule has 3 heteroatoms. The van der Waals surface area contributed by atoms with Gasteiger partial charge in [0.25, 0.3) is 0 Å². The van der Waals surface area contributed by atoms with Gasteiger partial charge in [-0.15, -0.1) is 0 Å². The van der Waals surface area contributed by atoms with Crippen molar-refractivity contribution in [3.05, 3.63) is 12.2 Å². The molecule has 3 rings (SSSR count). The molecule has 0 bridgehead atoms. The highest BCUT2D eigenvalue weighted by Crippen LogP contribution is 2.55. The summed E-state index contributed by atoms with van der Waals surface area (Å²) in [6.07, 6.45) is 12.5. The fourth-order valence-electron chi connectivity index (χ4n) is 5.57. The Morgan fingerprint density at radius 1 is 0.958 bits per heavy atom. The van der Waals surface area contributed by atoms with Crippen molar-refractivity contribution in [3.63, 3.8) is 0 Å². The molecule has 24 heavy (non-hydrogen) atoms. The summed E-state index contributed by atoms with van der Waals surface area (Å²) in [6, 6.07) is 0. The monoisotopic (exact) mass is 340 g/mol. The minimum atomic E-state index is -2.87. The zero-order chi connectivity index (χ0) is 17.2. The first-order valence-corrected chi connectivity index (χ1v) is 10.2. The first kappa shape index (κ1) is 18.4. The van der Waals surface area contributed by atoms with Gasteiger partial charge in [-0.1, -0.05) is 44.8 Å². The van der Waals surface area contributed by atoms with Gasteiger partial charge >= 0.3 is 6.11 Å². The van der Waals surface area contributed by atoms with Crippen LogP contribution in [0.25, 0.3) is 0 Å². The smallest absolute Gasteiger partial charge is 0.316 e. The SMILES string of the molecule is C/C=C/C1CCC([C@H]2[C@H](C3CCC(CCC)CC3)OC2(F)F)CC1. The molecule has 0 unspecified atom stereocenters. The Balaban J connectivity index is 1.56. The Hall–Kier alpha value is -0.440. The third-order valence-electron chi connectivity index (χ3n) is 6.88. The quantitative estimate of drug-likeness (QED) is 0.513. The van der Waals surface area contributed by atoms with Crippen LogP contribution in [-0.4, -0.2) is 12.2 Å². The number of allylic oxidation sites excluding steroid dienone is 2. The lowest BCUT2D eigenvalue weighted by Crippen LogP contribution is -2.61. The standard InChI is InChI=1S/C21H34F2O/c1-3-5-15-7-11-17(12-8-15)19-20(24-21(19,22)23)18-13-9-16(6-4-2)10-14-18/h3,5,15-20H,4,6-14H2,1-2H3/b5-3+/t15?,16?,17?,18?,19-,20-/m0/s1. The van der Waals surface area contributed by atoms with Gasteiger partial charge in [0.05, 0.1) is 12.0 Å². The van der Waals surface area contributed by atoms with Crippen molar-refractivity contribution >= 4 is 0 Å². The third kappa shape index (κ3) is 3.86. The number of hydrogen-bond acceptors (Lipinski definition) is 1. The van der Waals surface area contributed by atoms with Crippen LogP contribution in [0.2, 0.25) is 0 Å². The van der Waals surface area contributed by atoms with Gasteiger partial charge in [-0.25, -0.2) is 0 Å². The Morgan fingerprint density at radius 3 is 2.12 bits per heavy atom. The molecule has 1 aliphatic heterocycles. The van der Waals surface area contributed by atoms with E-state index in [4.69, 9.17) is 4.74 Å². The third-order valence-corrected chi connectivity index (χ3v) is 6.88. The minimum absolute atomic E-state index is 0.161. The topological polar surface area (TPSA) is 9.23 Å². The molecular weight excluding hydrogens is 306 g/mol. The zero-order valence-electron chi connectivity index (χ0n) is 15.4. The predicted molar refractivity (Wildman–Crippen MR) is 93.9 cm³/mol. The van der Waals surface area contributed by atoms with E-state index in [1.807, 2.05) is 6.92 Å². The maximum absolute atomic E-state index is 14.2. The molecule has 0 spiro atoms. The molecule has 138 valence electrons. The van der Waals surface area contributed by atoms with Gasteiger partial charge in [0.1, 0.15) is 0 Å². The Morgan fingerprint density at radius 2 is 1.58 bits per heavy atom. The van der Waals surface area contributed by atoms with Crippen LogP contribution in [0.15, 0.2) is 12.2 Å². The number of hydrogen-bond donors (Lipinski definition) is 0. The van der Waals surface area contributed by atoms with E-state index < -0.39 is 12.0 Å².